The average Bonchev–Trinajstić information content (AvgIpc) is 2.91. The van der Waals surface area contributed by atoms with Gasteiger partial charge in [0.05, 0.1) is 21.4 Å². The van der Waals surface area contributed by atoms with Crippen LogP contribution >= 0.6 is 34.8 Å². The minimum Gasteiger partial charge on any atom is -0.348 e. The fraction of sp³-hybridized carbons (Fsp3) is 0.226. The zero-order valence-corrected chi connectivity index (χ0v) is 24.3. The second-order valence-electron chi connectivity index (χ2n) is 9.36. The van der Waals surface area contributed by atoms with E-state index < -0.39 is 5.92 Å². The maximum absolute atomic E-state index is 14.0. The third-order valence-corrected chi connectivity index (χ3v) is 7.75. The molecule has 0 fully saturated rings. The van der Waals surface area contributed by atoms with Gasteiger partial charge in [-0.1, -0.05) is 84.5 Å². The van der Waals surface area contributed by atoms with Crippen LogP contribution in [0, 0.1) is 0 Å². The molecule has 1 heterocycles. The Balaban J connectivity index is 1.87. The Morgan fingerprint density at radius 1 is 0.744 bits per heavy atom. The van der Waals surface area contributed by atoms with Gasteiger partial charge in [-0.05, 0) is 62.2 Å². The number of para-hydroxylation sites is 2. The molecule has 0 aliphatic carbocycles. The number of amides is 2. The molecule has 4 rings (SSSR count). The molecule has 39 heavy (non-hydrogen) atoms. The first-order chi connectivity index (χ1) is 18.7. The third-order valence-electron chi connectivity index (χ3n) is 6.84. The molecule has 3 aromatic rings. The van der Waals surface area contributed by atoms with Crippen molar-refractivity contribution in [1.29, 1.82) is 0 Å². The van der Waals surface area contributed by atoms with Gasteiger partial charge < -0.3 is 15.5 Å². The number of rotatable bonds is 8. The number of allylic oxidation sites excluding steroid dienone is 2. The lowest BCUT2D eigenvalue weighted by atomic mass is 9.78. The van der Waals surface area contributed by atoms with Crippen molar-refractivity contribution in [2.75, 3.05) is 17.2 Å². The Morgan fingerprint density at radius 2 is 1.21 bits per heavy atom. The van der Waals surface area contributed by atoms with E-state index in [1.165, 1.54) is 0 Å². The molecule has 0 saturated heterocycles. The Labute approximate surface area is 244 Å². The lowest BCUT2D eigenvalue weighted by molar-refractivity contribution is -0.113. The fourth-order valence-corrected chi connectivity index (χ4v) is 5.33. The molecule has 1 aliphatic rings. The molecule has 0 unspecified atom stereocenters. The molecule has 0 saturated carbocycles. The van der Waals surface area contributed by atoms with Gasteiger partial charge in [-0.2, -0.15) is 0 Å². The average molecular weight is 583 g/mol. The number of hydrogen-bond donors (Lipinski definition) is 2. The molecule has 2 N–H and O–H groups in total. The molecule has 5 nitrogen and oxygen atoms in total. The van der Waals surface area contributed by atoms with Gasteiger partial charge in [0.1, 0.15) is 0 Å². The van der Waals surface area contributed by atoms with E-state index in [-0.39, 0.29) is 11.8 Å². The predicted octanol–water partition coefficient (Wildman–Crippen LogP) is 8.67. The minimum atomic E-state index is -0.662. The quantitative estimate of drug-likeness (QED) is 0.279. The van der Waals surface area contributed by atoms with Crippen molar-refractivity contribution in [3.8, 4) is 0 Å². The molecule has 202 valence electrons. The van der Waals surface area contributed by atoms with Crippen molar-refractivity contribution < 1.29 is 9.59 Å². The fourth-order valence-electron chi connectivity index (χ4n) is 4.84. The van der Waals surface area contributed by atoms with Crippen LogP contribution in [0.25, 0.3) is 0 Å². The molecular weight excluding hydrogens is 553 g/mol. The van der Waals surface area contributed by atoms with Crippen LogP contribution in [0.5, 0.6) is 0 Å². The Kier molecular flexibility index (Phi) is 9.39. The first-order valence-corrected chi connectivity index (χ1v) is 13.9. The predicted molar refractivity (Wildman–Crippen MR) is 161 cm³/mol. The Bertz CT molecular complexity index is 1360. The zero-order valence-electron chi connectivity index (χ0n) is 22.0. The van der Waals surface area contributed by atoms with Gasteiger partial charge in [-0.3, -0.25) is 9.59 Å². The molecule has 2 amide bonds. The molecule has 8 heteroatoms. The highest BCUT2D eigenvalue weighted by atomic mass is 35.5. The lowest BCUT2D eigenvalue weighted by Crippen LogP contribution is -2.37. The van der Waals surface area contributed by atoms with Gasteiger partial charge in [0.2, 0.25) is 0 Å². The number of carbonyl (C=O) groups excluding carboxylic acids is 2. The number of hydrogen-bond acceptors (Lipinski definition) is 3. The van der Waals surface area contributed by atoms with E-state index >= 15 is 0 Å². The second kappa shape index (κ2) is 12.7. The number of unbranched alkanes of at least 4 members (excludes halogenated alkanes) is 1. The van der Waals surface area contributed by atoms with Crippen molar-refractivity contribution in [3.63, 3.8) is 0 Å². The van der Waals surface area contributed by atoms with Gasteiger partial charge in [-0.25, -0.2) is 0 Å². The maximum Gasteiger partial charge on any atom is 0.254 e. The largest absolute Gasteiger partial charge is 0.348 e. The number of halogens is 3. The summed E-state index contributed by atoms with van der Waals surface area (Å²) >= 11 is 19.0. The number of carbonyl (C=O) groups is 2. The van der Waals surface area contributed by atoms with E-state index in [1.54, 1.807) is 60.7 Å². The van der Waals surface area contributed by atoms with Crippen molar-refractivity contribution >= 4 is 58.0 Å². The Hall–Kier alpha value is -3.25. The third kappa shape index (κ3) is 6.33. The van der Waals surface area contributed by atoms with Crippen LogP contribution in [0.2, 0.25) is 15.1 Å². The van der Waals surface area contributed by atoms with Crippen LogP contribution in [-0.2, 0) is 9.59 Å². The first-order valence-electron chi connectivity index (χ1n) is 12.8. The highest BCUT2D eigenvalue weighted by Crippen LogP contribution is 2.43. The van der Waals surface area contributed by atoms with E-state index in [0.717, 1.165) is 29.8 Å². The number of nitrogens with zero attached hydrogens (tertiary/aromatic N) is 1. The summed E-state index contributed by atoms with van der Waals surface area (Å²) in [5.74, 6) is -1.33. The molecule has 0 aromatic heterocycles. The van der Waals surface area contributed by atoms with Gasteiger partial charge in [-0.15, -0.1) is 0 Å². The summed E-state index contributed by atoms with van der Waals surface area (Å²) in [5.41, 5.74) is 4.23. The molecule has 0 spiro atoms. The van der Waals surface area contributed by atoms with Crippen molar-refractivity contribution in [2.45, 2.75) is 39.5 Å². The molecule has 3 aromatic carbocycles. The lowest BCUT2D eigenvalue weighted by Gasteiger charge is -2.38. The first kappa shape index (κ1) is 28.8. The summed E-state index contributed by atoms with van der Waals surface area (Å²) in [6.07, 6.45) is 1.85. The summed E-state index contributed by atoms with van der Waals surface area (Å²) in [6.45, 7) is 6.61. The molecule has 0 radical (unpaired) electrons. The van der Waals surface area contributed by atoms with Gasteiger partial charge in [0, 0.05) is 40.0 Å². The molecule has 1 aliphatic heterocycles. The summed E-state index contributed by atoms with van der Waals surface area (Å²) in [6, 6.07) is 21.4. The van der Waals surface area contributed by atoms with E-state index in [2.05, 4.69) is 22.5 Å². The van der Waals surface area contributed by atoms with Crippen LogP contribution in [-0.4, -0.2) is 23.3 Å². The minimum absolute atomic E-state index is 0.336. The topological polar surface area (TPSA) is 61.4 Å². The monoisotopic (exact) mass is 581 g/mol. The summed E-state index contributed by atoms with van der Waals surface area (Å²) in [7, 11) is 0. The molecule has 0 atom stereocenters. The van der Waals surface area contributed by atoms with Crippen LogP contribution in [0.4, 0.5) is 11.4 Å². The zero-order chi connectivity index (χ0) is 28.1. The van der Waals surface area contributed by atoms with E-state index in [0.29, 0.717) is 44.1 Å². The highest BCUT2D eigenvalue weighted by Gasteiger charge is 2.39. The second-order valence-corrected chi connectivity index (χ2v) is 10.6. The van der Waals surface area contributed by atoms with Gasteiger partial charge >= 0.3 is 0 Å². The number of anilines is 2. The van der Waals surface area contributed by atoms with E-state index in [4.69, 9.17) is 34.8 Å². The van der Waals surface area contributed by atoms with Crippen LogP contribution in [0.15, 0.2) is 95.3 Å². The number of nitrogens with one attached hydrogen (secondary N) is 2. The molecule has 0 bridgehead atoms. The standard InChI is InChI=1S/C31H30Cl3N3O2/c1-4-5-18-37-19(2)27(30(38)35-25-12-8-6-10-23(25)33)29(21-14-16-22(32)17-15-21)28(20(37)3)31(39)36-26-13-9-7-11-24(26)34/h6-17,29H,4-5,18H2,1-3H3,(H,35,38)(H,36,39). The smallest absolute Gasteiger partial charge is 0.254 e. The van der Waals surface area contributed by atoms with Crippen LogP contribution in [0.3, 0.4) is 0 Å². The van der Waals surface area contributed by atoms with E-state index in [9.17, 15) is 9.59 Å². The summed E-state index contributed by atoms with van der Waals surface area (Å²) < 4.78 is 0. The summed E-state index contributed by atoms with van der Waals surface area (Å²) in [4.78, 5) is 30.1. The normalized spacial score (nSPS) is 14.1. The Morgan fingerprint density at radius 3 is 1.64 bits per heavy atom. The summed E-state index contributed by atoms with van der Waals surface area (Å²) in [5, 5.41) is 7.36. The van der Waals surface area contributed by atoms with Crippen molar-refractivity contribution in [1.82, 2.24) is 4.90 Å². The number of benzene rings is 3. The maximum atomic E-state index is 14.0. The van der Waals surface area contributed by atoms with E-state index in [1.807, 2.05) is 26.0 Å². The van der Waals surface area contributed by atoms with Crippen LogP contribution in [0.1, 0.15) is 45.1 Å². The van der Waals surface area contributed by atoms with Crippen molar-refractivity contribution in [2.24, 2.45) is 0 Å². The highest BCUT2D eigenvalue weighted by molar-refractivity contribution is 6.34. The van der Waals surface area contributed by atoms with Gasteiger partial charge in [0.25, 0.3) is 11.8 Å². The van der Waals surface area contributed by atoms with Crippen molar-refractivity contribution in [3.05, 3.63) is 116 Å². The SMILES string of the molecule is CCCCN1C(C)=C(C(=O)Nc2ccccc2Cl)C(c2ccc(Cl)cc2)C(C(=O)Nc2ccccc2Cl)=C1C. The van der Waals surface area contributed by atoms with Gasteiger partial charge in [0.15, 0.2) is 0 Å². The molecular formula is C31H30Cl3N3O2. The van der Waals surface area contributed by atoms with Crippen LogP contribution < -0.4 is 10.6 Å².